The number of nitrogens with zero attached hydrogens (tertiary/aromatic N) is 3. The molecular weight excluding hydrogens is 218 g/mol. The van der Waals surface area contributed by atoms with E-state index in [0.717, 1.165) is 11.3 Å². The molecule has 5 heteroatoms. The molecule has 0 unspecified atom stereocenters. The van der Waals surface area contributed by atoms with E-state index in [1.54, 1.807) is 12.5 Å². The molecule has 17 heavy (non-hydrogen) atoms. The molecule has 86 valence electrons. The van der Waals surface area contributed by atoms with Gasteiger partial charge in [0, 0.05) is 31.1 Å². The van der Waals surface area contributed by atoms with Crippen molar-refractivity contribution in [2.24, 2.45) is 0 Å². The molecule has 0 N–H and O–H groups in total. The van der Waals surface area contributed by atoms with E-state index in [4.69, 9.17) is 0 Å². The first-order valence-corrected chi connectivity index (χ1v) is 5.08. The largest absolute Gasteiger partial charge is 0.306 e. The molecule has 0 spiro atoms. The van der Waals surface area contributed by atoms with Gasteiger partial charge >= 0.3 is 0 Å². The number of nitro groups is 1. The van der Waals surface area contributed by atoms with Gasteiger partial charge in [0.2, 0.25) is 5.70 Å². The summed E-state index contributed by atoms with van der Waals surface area (Å²) in [4.78, 5) is 14.0. The van der Waals surface area contributed by atoms with E-state index >= 15 is 0 Å². The Morgan fingerprint density at radius 1 is 1.41 bits per heavy atom. The van der Waals surface area contributed by atoms with Crippen molar-refractivity contribution in [2.75, 3.05) is 0 Å². The van der Waals surface area contributed by atoms with Gasteiger partial charge in [-0.3, -0.25) is 10.1 Å². The van der Waals surface area contributed by atoms with E-state index in [-0.39, 0.29) is 5.70 Å². The lowest BCUT2D eigenvalue weighted by Crippen LogP contribution is -1.93. The zero-order valence-corrected chi connectivity index (χ0v) is 9.28. The molecule has 1 heterocycles. The second-order valence-corrected chi connectivity index (χ2v) is 3.60. The third-order valence-corrected chi connectivity index (χ3v) is 2.36. The second-order valence-electron chi connectivity index (χ2n) is 3.60. The fourth-order valence-corrected chi connectivity index (χ4v) is 1.45. The minimum atomic E-state index is -0.399. The molecule has 5 nitrogen and oxygen atoms in total. The third-order valence-electron chi connectivity index (χ3n) is 2.36. The standard InChI is InChI=1S/C12H11N3O2/c1-10(15(16)17)8-11-2-4-12(5-3-11)14-7-6-13-9-14/h2-9H,1H3. The predicted molar refractivity (Wildman–Crippen MR) is 64.2 cm³/mol. The van der Waals surface area contributed by atoms with Crippen LogP contribution in [0.4, 0.5) is 0 Å². The van der Waals surface area contributed by atoms with Crippen molar-refractivity contribution < 1.29 is 4.92 Å². The second kappa shape index (κ2) is 4.61. The average Bonchev–Trinajstić information content (AvgIpc) is 2.83. The summed E-state index contributed by atoms with van der Waals surface area (Å²) in [5, 5.41) is 10.5. The molecule has 0 atom stereocenters. The summed E-state index contributed by atoms with van der Waals surface area (Å²) in [6, 6.07) is 7.45. The van der Waals surface area contributed by atoms with Crippen molar-refractivity contribution in [3.63, 3.8) is 0 Å². The Balaban J connectivity index is 2.25. The van der Waals surface area contributed by atoms with Crippen LogP contribution in [0.1, 0.15) is 12.5 Å². The summed E-state index contributed by atoms with van der Waals surface area (Å²) in [7, 11) is 0. The van der Waals surface area contributed by atoms with Gasteiger partial charge in [-0.25, -0.2) is 4.98 Å². The average molecular weight is 229 g/mol. The van der Waals surface area contributed by atoms with E-state index in [2.05, 4.69) is 4.98 Å². The Morgan fingerprint density at radius 3 is 2.65 bits per heavy atom. The van der Waals surface area contributed by atoms with Gasteiger partial charge in [-0.2, -0.15) is 0 Å². The highest BCUT2D eigenvalue weighted by atomic mass is 16.6. The fraction of sp³-hybridized carbons (Fsp3) is 0.0833. The molecule has 2 aromatic rings. The lowest BCUT2D eigenvalue weighted by Gasteiger charge is -2.01. The maximum Gasteiger partial charge on any atom is 0.243 e. The van der Waals surface area contributed by atoms with Crippen LogP contribution in [0, 0.1) is 10.1 Å². The lowest BCUT2D eigenvalue weighted by molar-refractivity contribution is -0.422. The van der Waals surface area contributed by atoms with Crippen LogP contribution in [0.15, 0.2) is 48.7 Å². The van der Waals surface area contributed by atoms with E-state index in [0.29, 0.717) is 0 Å². The van der Waals surface area contributed by atoms with Crippen LogP contribution in [0.2, 0.25) is 0 Å². The zero-order valence-electron chi connectivity index (χ0n) is 9.28. The van der Waals surface area contributed by atoms with Crippen LogP contribution in [-0.2, 0) is 0 Å². The first kappa shape index (κ1) is 11.1. The van der Waals surface area contributed by atoms with Crippen LogP contribution >= 0.6 is 0 Å². The van der Waals surface area contributed by atoms with Crippen molar-refractivity contribution in [1.29, 1.82) is 0 Å². The quantitative estimate of drug-likeness (QED) is 0.600. The molecule has 0 aliphatic rings. The Morgan fingerprint density at radius 2 is 2.12 bits per heavy atom. The summed E-state index contributed by atoms with van der Waals surface area (Å²) < 4.78 is 1.87. The highest BCUT2D eigenvalue weighted by Crippen LogP contribution is 2.12. The predicted octanol–water partition coefficient (Wildman–Crippen LogP) is 2.51. The molecular formula is C12H11N3O2. The van der Waals surface area contributed by atoms with E-state index in [1.807, 2.05) is 35.0 Å². The Kier molecular flexibility index (Phi) is 3.00. The van der Waals surface area contributed by atoms with Gasteiger partial charge in [0.1, 0.15) is 0 Å². The normalized spacial score (nSPS) is 11.5. The fourth-order valence-electron chi connectivity index (χ4n) is 1.45. The topological polar surface area (TPSA) is 61.0 Å². The summed E-state index contributed by atoms with van der Waals surface area (Å²) in [6.07, 6.45) is 6.78. The first-order valence-electron chi connectivity index (χ1n) is 5.08. The molecule has 0 saturated carbocycles. The van der Waals surface area contributed by atoms with Crippen molar-refractivity contribution in [2.45, 2.75) is 6.92 Å². The number of rotatable bonds is 3. The number of hydrogen-bond acceptors (Lipinski definition) is 3. The molecule has 0 bridgehead atoms. The first-order chi connectivity index (χ1) is 8.16. The van der Waals surface area contributed by atoms with E-state index in [1.165, 1.54) is 13.0 Å². The number of imidazole rings is 1. The van der Waals surface area contributed by atoms with Gasteiger partial charge in [0.25, 0.3) is 0 Å². The van der Waals surface area contributed by atoms with Gasteiger partial charge in [0.15, 0.2) is 0 Å². The molecule has 0 saturated heterocycles. The van der Waals surface area contributed by atoms with Crippen molar-refractivity contribution in [1.82, 2.24) is 9.55 Å². The Bertz CT molecular complexity index is 542. The minimum Gasteiger partial charge on any atom is -0.306 e. The van der Waals surface area contributed by atoms with Gasteiger partial charge in [-0.05, 0) is 17.7 Å². The van der Waals surface area contributed by atoms with Gasteiger partial charge in [0.05, 0.1) is 11.3 Å². The number of aromatic nitrogens is 2. The van der Waals surface area contributed by atoms with E-state index in [9.17, 15) is 10.1 Å². The van der Waals surface area contributed by atoms with E-state index < -0.39 is 4.92 Å². The monoisotopic (exact) mass is 229 g/mol. The van der Waals surface area contributed by atoms with Crippen LogP contribution in [0.25, 0.3) is 11.8 Å². The summed E-state index contributed by atoms with van der Waals surface area (Å²) in [6.45, 7) is 1.48. The molecule has 0 aliphatic carbocycles. The van der Waals surface area contributed by atoms with Crippen LogP contribution in [-0.4, -0.2) is 14.5 Å². The highest BCUT2D eigenvalue weighted by molar-refractivity contribution is 5.52. The molecule has 0 radical (unpaired) electrons. The molecule has 2 rings (SSSR count). The smallest absolute Gasteiger partial charge is 0.243 e. The molecule has 1 aromatic heterocycles. The van der Waals surface area contributed by atoms with Gasteiger partial charge < -0.3 is 4.57 Å². The highest BCUT2D eigenvalue weighted by Gasteiger charge is 2.02. The molecule has 1 aromatic carbocycles. The molecule has 0 fully saturated rings. The number of hydrogen-bond donors (Lipinski definition) is 0. The number of benzene rings is 1. The van der Waals surface area contributed by atoms with Crippen molar-refractivity contribution in [3.05, 3.63) is 64.4 Å². The molecule has 0 aliphatic heterocycles. The Labute approximate surface area is 98.2 Å². The summed E-state index contributed by atoms with van der Waals surface area (Å²) in [5.74, 6) is 0. The van der Waals surface area contributed by atoms with Crippen molar-refractivity contribution in [3.8, 4) is 5.69 Å². The van der Waals surface area contributed by atoms with Crippen LogP contribution in [0.5, 0.6) is 0 Å². The SMILES string of the molecule is CC(=Cc1ccc(-n2ccnc2)cc1)[N+](=O)[O-]. The summed E-state index contributed by atoms with van der Waals surface area (Å²) in [5.41, 5.74) is 1.90. The van der Waals surface area contributed by atoms with Crippen LogP contribution in [0.3, 0.4) is 0 Å². The maximum absolute atomic E-state index is 10.5. The maximum atomic E-state index is 10.5. The zero-order chi connectivity index (χ0) is 12.3. The minimum absolute atomic E-state index is 0.125. The lowest BCUT2D eigenvalue weighted by atomic mass is 10.2. The Hall–Kier alpha value is -2.43. The molecule has 0 amide bonds. The van der Waals surface area contributed by atoms with Crippen LogP contribution < -0.4 is 0 Å². The van der Waals surface area contributed by atoms with Gasteiger partial charge in [-0.1, -0.05) is 12.1 Å². The third kappa shape index (κ3) is 2.57. The van der Waals surface area contributed by atoms with Gasteiger partial charge in [-0.15, -0.1) is 0 Å². The number of allylic oxidation sites excluding steroid dienone is 1. The summed E-state index contributed by atoms with van der Waals surface area (Å²) >= 11 is 0. The van der Waals surface area contributed by atoms with Crippen molar-refractivity contribution >= 4 is 6.08 Å².